The summed E-state index contributed by atoms with van der Waals surface area (Å²) in [7, 11) is 1.94. The molecule has 1 aromatic rings. The summed E-state index contributed by atoms with van der Waals surface area (Å²) in [5.41, 5.74) is 2.78. The average Bonchev–Trinajstić information content (AvgIpc) is 3.23. The van der Waals surface area contributed by atoms with Crippen molar-refractivity contribution in [3.8, 4) is 0 Å². The van der Waals surface area contributed by atoms with Gasteiger partial charge in [-0.2, -0.15) is 5.10 Å². The van der Waals surface area contributed by atoms with Crippen molar-refractivity contribution in [2.24, 2.45) is 12.5 Å². The van der Waals surface area contributed by atoms with Crippen molar-refractivity contribution < 1.29 is 0 Å². The second-order valence-corrected chi connectivity index (χ2v) is 7.23. The van der Waals surface area contributed by atoms with Crippen LogP contribution in [0.4, 0.5) is 0 Å². The van der Waals surface area contributed by atoms with E-state index in [-0.39, 0.29) is 0 Å². The van der Waals surface area contributed by atoms with Crippen molar-refractivity contribution in [1.82, 2.24) is 15.1 Å². The number of nitrogens with zero attached hydrogens (tertiary/aromatic N) is 2. The standard InChI is InChI=1S/C16H26ClN3/c1-12-14(15(17)20(2)19-12)10-16(8-4-3-5-9-16)11-18-13-6-7-13/h13,18H,3-11H2,1-2H3. The van der Waals surface area contributed by atoms with Crippen molar-refractivity contribution >= 4 is 11.6 Å². The highest BCUT2D eigenvalue weighted by Crippen LogP contribution is 2.41. The molecule has 112 valence electrons. The number of aryl methyl sites for hydroxylation is 2. The zero-order chi connectivity index (χ0) is 14.2. The van der Waals surface area contributed by atoms with Crippen LogP contribution < -0.4 is 5.32 Å². The summed E-state index contributed by atoms with van der Waals surface area (Å²) in [6.45, 7) is 3.24. The molecule has 3 nitrogen and oxygen atoms in total. The first-order valence-electron chi connectivity index (χ1n) is 8.01. The van der Waals surface area contributed by atoms with Crippen molar-refractivity contribution in [1.29, 1.82) is 0 Å². The van der Waals surface area contributed by atoms with Gasteiger partial charge < -0.3 is 5.32 Å². The van der Waals surface area contributed by atoms with Gasteiger partial charge in [0.05, 0.1) is 5.69 Å². The molecule has 0 aromatic carbocycles. The molecule has 1 heterocycles. The minimum atomic E-state index is 0.401. The van der Waals surface area contributed by atoms with Crippen LogP contribution in [0.15, 0.2) is 0 Å². The van der Waals surface area contributed by atoms with Crippen molar-refractivity contribution in [3.63, 3.8) is 0 Å². The fourth-order valence-corrected chi connectivity index (χ4v) is 3.86. The van der Waals surface area contributed by atoms with Gasteiger partial charge in [0.1, 0.15) is 5.15 Å². The number of halogens is 1. The fraction of sp³-hybridized carbons (Fsp3) is 0.812. The Morgan fingerprint density at radius 2 is 2.00 bits per heavy atom. The Kier molecular flexibility index (Phi) is 4.09. The molecule has 0 atom stereocenters. The quantitative estimate of drug-likeness (QED) is 0.899. The van der Waals surface area contributed by atoms with Gasteiger partial charge in [0.25, 0.3) is 0 Å². The minimum absolute atomic E-state index is 0.401. The Morgan fingerprint density at radius 3 is 2.55 bits per heavy atom. The Morgan fingerprint density at radius 1 is 1.30 bits per heavy atom. The molecule has 2 fully saturated rings. The smallest absolute Gasteiger partial charge is 0.130 e. The second kappa shape index (κ2) is 5.69. The maximum Gasteiger partial charge on any atom is 0.130 e. The van der Waals surface area contributed by atoms with Gasteiger partial charge in [-0.1, -0.05) is 30.9 Å². The topological polar surface area (TPSA) is 29.9 Å². The van der Waals surface area contributed by atoms with E-state index in [1.807, 2.05) is 11.7 Å². The lowest BCUT2D eigenvalue weighted by Gasteiger charge is -2.38. The molecule has 0 aliphatic heterocycles. The zero-order valence-corrected chi connectivity index (χ0v) is 13.5. The van der Waals surface area contributed by atoms with E-state index in [1.165, 1.54) is 50.5 Å². The molecular weight excluding hydrogens is 270 g/mol. The summed E-state index contributed by atoms with van der Waals surface area (Å²) >= 11 is 6.45. The van der Waals surface area contributed by atoms with E-state index in [0.29, 0.717) is 5.41 Å². The molecule has 20 heavy (non-hydrogen) atoms. The number of rotatable bonds is 5. The highest BCUT2D eigenvalue weighted by molar-refractivity contribution is 6.30. The molecule has 0 saturated heterocycles. The number of hydrogen-bond donors (Lipinski definition) is 1. The van der Waals surface area contributed by atoms with E-state index in [4.69, 9.17) is 11.6 Å². The van der Waals surface area contributed by atoms with E-state index in [0.717, 1.165) is 29.9 Å². The Bertz CT molecular complexity index is 470. The lowest BCUT2D eigenvalue weighted by atomic mass is 9.70. The van der Waals surface area contributed by atoms with Crippen molar-refractivity contribution in [3.05, 3.63) is 16.4 Å². The van der Waals surface area contributed by atoms with Crippen LogP contribution in [0.5, 0.6) is 0 Å². The molecule has 1 aromatic heterocycles. The van der Waals surface area contributed by atoms with E-state index in [9.17, 15) is 0 Å². The predicted molar refractivity (Wildman–Crippen MR) is 83.2 cm³/mol. The SMILES string of the molecule is Cc1nn(C)c(Cl)c1CC1(CNC2CC2)CCCCC1. The molecule has 2 aliphatic carbocycles. The molecule has 0 bridgehead atoms. The van der Waals surface area contributed by atoms with Gasteiger partial charge in [0.15, 0.2) is 0 Å². The molecule has 1 N–H and O–H groups in total. The predicted octanol–water partition coefficient (Wildman–Crippen LogP) is 3.63. The van der Waals surface area contributed by atoms with Gasteiger partial charge in [-0.25, -0.2) is 0 Å². The minimum Gasteiger partial charge on any atom is -0.313 e. The van der Waals surface area contributed by atoms with Crippen LogP contribution in [-0.4, -0.2) is 22.4 Å². The normalized spacial score (nSPS) is 22.1. The van der Waals surface area contributed by atoms with Crippen LogP contribution in [0.3, 0.4) is 0 Å². The lowest BCUT2D eigenvalue weighted by Crippen LogP contribution is -2.39. The number of nitrogens with one attached hydrogen (secondary N) is 1. The zero-order valence-electron chi connectivity index (χ0n) is 12.7. The molecule has 4 heteroatoms. The van der Waals surface area contributed by atoms with Gasteiger partial charge in [-0.05, 0) is 44.4 Å². The molecular formula is C16H26ClN3. The molecule has 2 saturated carbocycles. The van der Waals surface area contributed by atoms with Crippen molar-refractivity contribution in [2.75, 3.05) is 6.54 Å². The molecule has 2 aliphatic rings. The van der Waals surface area contributed by atoms with Gasteiger partial charge in [0, 0.05) is 25.2 Å². The lowest BCUT2D eigenvalue weighted by molar-refractivity contribution is 0.180. The van der Waals surface area contributed by atoms with E-state index < -0.39 is 0 Å². The van der Waals surface area contributed by atoms with Crippen LogP contribution in [0.1, 0.15) is 56.2 Å². The summed E-state index contributed by atoms with van der Waals surface area (Å²) in [6.07, 6.45) is 10.6. The second-order valence-electron chi connectivity index (χ2n) is 6.87. The van der Waals surface area contributed by atoms with Crippen LogP contribution in [0, 0.1) is 12.3 Å². The first-order chi connectivity index (χ1) is 9.60. The van der Waals surface area contributed by atoms with Gasteiger partial charge in [-0.3, -0.25) is 4.68 Å². The molecule has 0 spiro atoms. The van der Waals surface area contributed by atoms with Gasteiger partial charge >= 0.3 is 0 Å². The van der Waals surface area contributed by atoms with Crippen LogP contribution >= 0.6 is 11.6 Å². The fourth-order valence-electron chi connectivity index (χ4n) is 3.62. The van der Waals surface area contributed by atoms with E-state index >= 15 is 0 Å². The van der Waals surface area contributed by atoms with Crippen LogP contribution in [0.25, 0.3) is 0 Å². The summed E-state index contributed by atoms with van der Waals surface area (Å²) < 4.78 is 1.82. The summed E-state index contributed by atoms with van der Waals surface area (Å²) in [5, 5.41) is 9.07. The summed E-state index contributed by atoms with van der Waals surface area (Å²) in [5.74, 6) is 0. The maximum atomic E-state index is 6.45. The monoisotopic (exact) mass is 295 g/mol. The van der Waals surface area contributed by atoms with Crippen LogP contribution in [0.2, 0.25) is 5.15 Å². The Labute approximate surface area is 127 Å². The molecule has 0 amide bonds. The Hall–Kier alpha value is -0.540. The maximum absolute atomic E-state index is 6.45. The first kappa shape index (κ1) is 14.4. The van der Waals surface area contributed by atoms with Crippen molar-refractivity contribution in [2.45, 2.75) is 64.3 Å². The van der Waals surface area contributed by atoms with Gasteiger partial charge in [0.2, 0.25) is 0 Å². The number of hydrogen-bond acceptors (Lipinski definition) is 2. The summed E-state index contributed by atoms with van der Waals surface area (Å²) in [4.78, 5) is 0. The molecule has 0 unspecified atom stereocenters. The molecule has 0 radical (unpaired) electrons. The summed E-state index contributed by atoms with van der Waals surface area (Å²) in [6, 6.07) is 0.791. The third kappa shape index (κ3) is 3.04. The molecule has 3 rings (SSSR count). The van der Waals surface area contributed by atoms with Crippen LogP contribution in [-0.2, 0) is 13.5 Å². The van der Waals surface area contributed by atoms with Gasteiger partial charge in [-0.15, -0.1) is 0 Å². The first-order valence-corrected chi connectivity index (χ1v) is 8.39. The van der Waals surface area contributed by atoms with E-state index in [2.05, 4.69) is 17.3 Å². The number of aromatic nitrogens is 2. The highest BCUT2D eigenvalue weighted by atomic mass is 35.5. The average molecular weight is 296 g/mol. The third-order valence-electron chi connectivity index (χ3n) is 5.08. The third-order valence-corrected chi connectivity index (χ3v) is 5.55. The largest absolute Gasteiger partial charge is 0.313 e. The highest BCUT2D eigenvalue weighted by Gasteiger charge is 2.35. The van der Waals surface area contributed by atoms with E-state index in [1.54, 1.807) is 0 Å². The Balaban J connectivity index is 1.77.